The lowest BCUT2D eigenvalue weighted by molar-refractivity contribution is -0.151. The van der Waals surface area contributed by atoms with E-state index >= 15 is 0 Å². The number of hydrogen-bond donors (Lipinski definition) is 0. The van der Waals surface area contributed by atoms with Gasteiger partial charge in [0.2, 0.25) is 0 Å². The van der Waals surface area contributed by atoms with Gasteiger partial charge in [-0.3, -0.25) is 9.69 Å². The predicted molar refractivity (Wildman–Crippen MR) is 73.0 cm³/mol. The van der Waals surface area contributed by atoms with Crippen LogP contribution in [0.4, 0.5) is 0 Å². The topological polar surface area (TPSA) is 38.8 Å². The number of ether oxygens (including phenoxy) is 2. The average molecular weight is 263 g/mol. The summed E-state index contributed by atoms with van der Waals surface area (Å²) in [4.78, 5) is 14.0. The Morgan fingerprint density at radius 1 is 1.42 bits per heavy atom. The van der Waals surface area contributed by atoms with Gasteiger partial charge < -0.3 is 9.47 Å². The van der Waals surface area contributed by atoms with E-state index in [1.807, 2.05) is 32.0 Å². The van der Waals surface area contributed by atoms with Crippen molar-refractivity contribution in [3.8, 4) is 5.75 Å². The predicted octanol–water partition coefficient (Wildman–Crippen LogP) is 2.08. The molecule has 0 unspecified atom stereocenters. The van der Waals surface area contributed by atoms with Crippen LogP contribution >= 0.6 is 0 Å². The zero-order valence-corrected chi connectivity index (χ0v) is 11.8. The van der Waals surface area contributed by atoms with Crippen molar-refractivity contribution >= 4 is 5.97 Å². The maximum absolute atomic E-state index is 11.8. The second-order valence-corrected chi connectivity index (χ2v) is 5.54. The molecular weight excluding hydrogens is 242 g/mol. The molecule has 0 amide bonds. The minimum absolute atomic E-state index is 0.175. The van der Waals surface area contributed by atoms with E-state index in [9.17, 15) is 4.79 Å². The lowest BCUT2D eigenvalue weighted by Gasteiger charge is -2.29. The van der Waals surface area contributed by atoms with E-state index in [0.29, 0.717) is 13.2 Å². The zero-order valence-electron chi connectivity index (χ0n) is 11.8. The molecule has 1 aromatic rings. The molecule has 0 fully saturated rings. The number of carbonyl (C=O) groups excluding carboxylic acids is 1. The van der Waals surface area contributed by atoms with Crippen molar-refractivity contribution in [2.24, 2.45) is 5.41 Å². The zero-order chi connectivity index (χ0) is 13.9. The number of benzene rings is 1. The summed E-state index contributed by atoms with van der Waals surface area (Å²) in [7, 11) is 1.44. The summed E-state index contributed by atoms with van der Waals surface area (Å²) in [5.74, 6) is 0.770. The normalized spacial score (nSPS) is 16.2. The van der Waals surface area contributed by atoms with Gasteiger partial charge in [-0.2, -0.15) is 0 Å². The molecule has 0 spiro atoms. The Balaban J connectivity index is 2.09. The highest BCUT2D eigenvalue weighted by atomic mass is 16.5. The maximum Gasteiger partial charge on any atom is 0.312 e. The molecule has 1 aliphatic rings. The van der Waals surface area contributed by atoms with E-state index in [2.05, 4.69) is 11.0 Å². The molecule has 19 heavy (non-hydrogen) atoms. The highest BCUT2D eigenvalue weighted by Crippen LogP contribution is 2.25. The minimum Gasteiger partial charge on any atom is -0.492 e. The number of methoxy groups -OCH3 is 1. The van der Waals surface area contributed by atoms with Crippen LogP contribution in [0.5, 0.6) is 5.75 Å². The third kappa shape index (κ3) is 3.26. The van der Waals surface area contributed by atoms with Crippen molar-refractivity contribution in [2.75, 3.05) is 26.8 Å². The number of carbonyl (C=O) groups is 1. The van der Waals surface area contributed by atoms with Crippen LogP contribution in [0.3, 0.4) is 0 Å². The summed E-state index contributed by atoms with van der Waals surface area (Å²) >= 11 is 0. The number of rotatable bonds is 3. The van der Waals surface area contributed by atoms with Gasteiger partial charge in [-0.25, -0.2) is 0 Å². The van der Waals surface area contributed by atoms with E-state index < -0.39 is 5.41 Å². The summed E-state index contributed by atoms with van der Waals surface area (Å²) in [5, 5.41) is 0. The second kappa shape index (κ2) is 5.61. The first-order chi connectivity index (χ1) is 9.03. The van der Waals surface area contributed by atoms with Crippen LogP contribution in [-0.4, -0.2) is 37.7 Å². The van der Waals surface area contributed by atoms with Gasteiger partial charge in [0.05, 0.1) is 12.5 Å². The number of esters is 1. The maximum atomic E-state index is 11.8. The summed E-state index contributed by atoms with van der Waals surface area (Å²) in [5.41, 5.74) is 0.661. The third-order valence-electron chi connectivity index (χ3n) is 3.39. The first kappa shape index (κ1) is 13.9. The Morgan fingerprint density at radius 2 is 2.16 bits per heavy atom. The van der Waals surface area contributed by atoms with Gasteiger partial charge in [0, 0.05) is 25.2 Å². The van der Waals surface area contributed by atoms with Gasteiger partial charge in [-0.05, 0) is 19.9 Å². The molecule has 4 nitrogen and oxygen atoms in total. The summed E-state index contributed by atoms with van der Waals surface area (Å²) in [6, 6.07) is 8.05. The van der Waals surface area contributed by atoms with Crippen LogP contribution in [0, 0.1) is 5.41 Å². The standard InChI is InChI=1S/C15H21NO3/c1-15(2,14(17)18-3)11-16-8-9-19-13-7-5-4-6-12(13)10-16/h4-7H,8-11H2,1-3H3. The quantitative estimate of drug-likeness (QED) is 0.783. The molecule has 1 aromatic carbocycles. The van der Waals surface area contributed by atoms with Gasteiger partial charge in [0.15, 0.2) is 0 Å². The van der Waals surface area contributed by atoms with Gasteiger partial charge in [0.25, 0.3) is 0 Å². The molecule has 0 N–H and O–H groups in total. The van der Waals surface area contributed by atoms with E-state index in [0.717, 1.165) is 18.8 Å². The van der Waals surface area contributed by atoms with Crippen molar-refractivity contribution in [2.45, 2.75) is 20.4 Å². The lowest BCUT2D eigenvalue weighted by atomic mass is 9.92. The summed E-state index contributed by atoms with van der Waals surface area (Å²) in [6.07, 6.45) is 0. The fourth-order valence-corrected chi connectivity index (χ4v) is 2.41. The van der Waals surface area contributed by atoms with Crippen molar-refractivity contribution in [3.05, 3.63) is 29.8 Å². The number of fused-ring (bicyclic) bond motifs is 1. The van der Waals surface area contributed by atoms with Crippen molar-refractivity contribution < 1.29 is 14.3 Å². The van der Waals surface area contributed by atoms with Gasteiger partial charge in [-0.1, -0.05) is 18.2 Å². The molecule has 0 bridgehead atoms. The Kier molecular flexibility index (Phi) is 4.10. The van der Waals surface area contributed by atoms with E-state index in [-0.39, 0.29) is 5.97 Å². The molecule has 2 rings (SSSR count). The number of para-hydroxylation sites is 1. The van der Waals surface area contributed by atoms with Gasteiger partial charge in [-0.15, -0.1) is 0 Å². The first-order valence-electron chi connectivity index (χ1n) is 6.54. The molecule has 0 aromatic heterocycles. The minimum atomic E-state index is -0.506. The molecule has 1 heterocycles. The van der Waals surface area contributed by atoms with Gasteiger partial charge >= 0.3 is 5.97 Å². The van der Waals surface area contributed by atoms with Crippen molar-refractivity contribution in [1.29, 1.82) is 0 Å². The van der Waals surface area contributed by atoms with E-state index in [1.54, 1.807) is 0 Å². The van der Waals surface area contributed by atoms with Crippen LogP contribution in [0.2, 0.25) is 0 Å². The molecular formula is C15H21NO3. The van der Waals surface area contributed by atoms with Crippen molar-refractivity contribution in [3.63, 3.8) is 0 Å². The molecule has 1 aliphatic heterocycles. The van der Waals surface area contributed by atoms with E-state index in [1.165, 1.54) is 12.7 Å². The highest BCUT2D eigenvalue weighted by molar-refractivity contribution is 5.76. The smallest absolute Gasteiger partial charge is 0.312 e. The van der Waals surface area contributed by atoms with Crippen molar-refractivity contribution in [1.82, 2.24) is 4.90 Å². The Labute approximate surface area is 114 Å². The molecule has 4 heteroatoms. The first-order valence-corrected chi connectivity index (χ1v) is 6.54. The van der Waals surface area contributed by atoms with Crippen LogP contribution in [-0.2, 0) is 16.1 Å². The van der Waals surface area contributed by atoms with Crippen LogP contribution in [0.25, 0.3) is 0 Å². The molecule has 0 saturated heterocycles. The molecule has 0 aliphatic carbocycles. The van der Waals surface area contributed by atoms with Crippen LogP contribution in [0.15, 0.2) is 24.3 Å². The highest BCUT2D eigenvalue weighted by Gasteiger charge is 2.31. The molecule has 0 atom stereocenters. The Morgan fingerprint density at radius 3 is 2.89 bits per heavy atom. The number of hydrogen-bond acceptors (Lipinski definition) is 4. The van der Waals surface area contributed by atoms with Crippen LogP contribution in [0.1, 0.15) is 19.4 Å². The fourth-order valence-electron chi connectivity index (χ4n) is 2.41. The Hall–Kier alpha value is -1.55. The van der Waals surface area contributed by atoms with Crippen LogP contribution < -0.4 is 4.74 Å². The Bertz CT molecular complexity index is 456. The largest absolute Gasteiger partial charge is 0.492 e. The molecule has 104 valence electrons. The van der Waals surface area contributed by atoms with Gasteiger partial charge in [0.1, 0.15) is 12.4 Å². The molecule has 0 saturated carbocycles. The second-order valence-electron chi connectivity index (χ2n) is 5.54. The summed E-state index contributed by atoms with van der Waals surface area (Å²) in [6.45, 7) is 6.75. The monoisotopic (exact) mass is 263 g/mol. The molecule has 0 radical (unpaired) electrons. The number of nitrogens with zero attached hydrogens (tertiary/aromatic N) is 1. The average Bonchev–Trinajstić information content (AvgIpc) is 2.58. The third-order valence-corrected chi connectivity index (χ3v) is 3.39. The lowest BCUT2D eigenvalue weighted by Crippen LogP contribution is -2.40. The SMILES string of the molecule is COC(=O)C(C)(C)CN1CCOc2ccccc2C1. The summed E-state index contributed by atoms with van der Waals surface area (Å²) < 4.78 is 10.6. The van der Waals surface area contributed by atoms with E-state index in [4.69, 9.17) is 9.47 Å². The fraction of sp³-hybridized carbons (Fsp3) is 0.533.